The molecule has 30 heavy (non-hydrogen) atoms. The maximum atomic E-state index is 6.11. The zero-order chi connectivity index (χ0) is 19.9. The Balaban J connectivity index is 0.00000256. The van der Waals surface area contributed by atoms with E-state index in [2.05, 4.69) is 41.4 Å². The molecular weight excluding hydrogens is 493 g/mol. The third kappa shape index (κ3) is 6.21. The Bertz CT molecular complexity index is 791. The summed E-state index contributed by atoms with van der Waals surface area (Å²) < 4.78 is 17.1. The monoisotopic (exact) mass is 525 g/mol. The first kappa shape index (κ1) is 23.1. The van der Waals surface area contributed by atoms with Gasteiger partial charge in [-0.2, -0.15) is 0 Å². The summed E-state index contributed by atoms with van der Waals surface area (Å²) >= 11 is 0. The van der Waals surface area contributed by atoms with Crippen LogP contribution in [0.2, 0.25) is 0 Å². The molecule has 6 nitrogen and oxygen atoms in total. The van der Waals surface area contributed by atoms with Gasteiger partial charge < -0.3 is 24.1 Å². The van der Waals surface area contributed by atoms with Crippen LogP contribution < -0.4 is 5.32 Å². The number of morpholine rings is 1. The second-order valence-electron chi connectivity index (χ2n) is 7.81. The number of aliphatic imine (C=N–C) groups is 1. The minimum Gasteiger partial charge on any atom is -0.469 e. The van der Waals surface area contributed by atoms with E-state index in [4.69, 9.17) is 18.9 Å². The summed E-state index contributed by atoms with van der Waals surface area (Å²) in [5.41, 5.74) is 2.53. The molecule has 2 unspecified atom stereocenters. The van der Waals surface area contributed by atoms with E-state index in [9.17, 15) is 0 Å². The molecule has 0 amide bonds. The highest BCUT2D eigenvalue weighted by atomic mass is 127. The average Bonchev–Trinajstić information content (AvgIpc) is 3.45. The predicted molar refractivity (Wildman–Crippen MR) is 129 cm³/mol. The van der Waals surface area contributed by atoms with Crippen molar-refractivity contribution in [1.29, 1.82) is 0 Å². The van der Waals surface area contributed by atoms with Crippen LogP contribution in [0, 0.1) is 12.8 Å². The van der Waals surface area contributed by atoms with Gasteiger partial charge in [0.05, 0.1) is 26.0 Å². The third-order valence-corrected chi connectivity index (χ3v) is 5.66. The van der Waals surface area contributed by atoms with Crippen molar-refractivity contribution in [2.75, 3.05) is 46.0 Å². The molecule has 2 aliphatic rings. The number of nitrogens with zero attached hydrogens (tertiary/aromatic N) is 2. The van der Waals surface area contributed by atoms with Crippen molar-refractivity contribution >= 4 is 29.9 Å². The second-order valence-corrected chi connectivity index (χ2v) is 7.81. The molecule has 7 heteroatoms. The van der Waals surface area contributed by atoms with Gasteiger partial charge in [-0.3, -0.25) is 4.99 Å². The average molecular weight is 525 g/mol. The number of rotatable bonds is 6. The molecule has 1 aromatic carbocycles. The van der Waals surface area contributed by atoms with Crippen LogP contribution in [0.25, 0.3) is 0 Å². The Labute approximate surface area is 196 Å². The molecule has 2 aliphatic heterocycles. The Morgan fingerprint density at radius 3 is 2.87 bits per heavy atom. The molecule has 0 radical (unpaired) electrons. The molecule has 1 N–H and O–H groups in total. The van der Waals surface area contributed by atoms with Gasteiger partial charge >= 0.3 is 0 Å². The molecule has 0 saturated carbocycles. The van der Waals surface area contributed by atoms with Crippen LogP contribution in [0.5, 0.6) is 0 Å². The minimum atomic E-state index is 0. The topological polar surface area (TPSA) is 59.2 Å². The molecule has 2 saturated heterocycles. The number of guanidine groups is 1. The number of ether oxygens (including phenoxy) is 2. The molecule has 2 fully saturated rings. The highest BCUT2D eigenvalue weighted by molar-refractivity contribution is 14.0. The molecule has 3 heterocycles. The van der Waals surface area contributed by atoms with Crippen molar-refractivity contribution in [3.05, 3.63) is 59.5 Å². The third-order valence-electron chi connectivity index (χ3n) is 5.66. The van der Waals surface area contributed by atoms with Crippen LogP contribution in [-0.4, -0.2) is 56.9 Å². The largest absolute Gasteiger partial charge is 0.469 e. The molecule has 0 aliphatic carbocycles. The van der Waals surface area contributed by atoms with Crippen molar-refractivity contribution in [2.24, 2.45) is 10.9 Å². The lowest BCUT2D eigenvalue weighted by Gasteiger charge is -2.36. The standard InChI is InChI=1S/C23H31N3O3.HI/c1-18-5-2-3-7-21(18)22-16-26(11-14-29-22)23(25-15-19-9-13-27-17-19)24-10-8-20-6-4-12-28-20;/h2-7,12,19,22H,8-11,13-17H2,1H3,(H,24,25);1H. The molecular formula is C23H32IN3O3. The number of halogens is 1. The Morgan fingerprint density at radius 1 is 1.20 bits per heavy atom. The van der Waals surface area contributed by atoms with Gasteiger partial charge in [-0.1, -0.05) is 24.3 Å². The van der Waals surface area contributed by atoms with Gasteiger partial charge in [0, 0.05) is 38.6 Å². The summed E-state index contributed by atoms with van der Waals surface area (Å²) in [4.78, 5) is 7.30. The van der Waals surface area contributed by atoms with Crippen molar-refractivity contribution in [1.82, 2.24) is 10.2 Å². The van der Waals surface area contributed by atoms with Crippen molar-refractivity contribution < 1.29 is 13.9 Å². The summed E-state index contributed by atoms with van der Waals surface area (Å²) in [5, 5.41) is 3.56. The van der Waals surface area contributed by atoms with Crippen LogP contribution in [0.15, 0.2) is 52.1 Å². The number of hydrogen-bond donors (Lipinski definition) is 1. The summed E-state index contributed by atoms with van der Waals surface area (Å²) in [6.07, 6.45) is 3.72. The fourth-order valence-electron chi connectivity index (χ4n) is 3.94. The maximum absolute atomic E-state index is 6.11. The second kappa shape index (κ2) is 11.7. The summed E-state index contributed by atoms with van der Waals surface area (Å²) in [6.45, 7) is 7.76. The van der Waals surface area contributed by atoms with Crippen molar-refractivity contribution in [2.45, 2.75) is 25.9 Å². The van der Waals surface area contributed by atoms with E-state index >= 15 is 0 Å². The van der Waals surface area contributed by atoms with Gasteiger partial charge in [-0.15, -0.1) is 24.0 Å². The molecule has 0 bridgehead atoms. The number of nitrogens with one attached hydrogen (secondary N) is 1. The van der Waals surface area contributed by atoms with Gasteiger partial charge in [0.1, 0.15) is 11.9 Å². The Morgan fingerprint density at radius 2 is 2.10 bits per heavy atom. The summed E-state index contributed by atoms with van der Waals surface area (Å²) in [6, 6.07) is 12.4. The van der Waals surface area contributed by atoms with E-state index in [0.717, 1.165) is 64.0 Å². The first-order chi connectivity index (χ1) is 14.3. The number of furan rings is 1. The van der Waals surface area contributed by atoms with Crippen molar-refractivity contribution in [3.63, 3.8) is 0 Å². The fourth-order valence-corrected chi connectivity index (χ4v) is 3.94. The molecule has 0 spiro atoms. The lowest BCUT2D eigenvalue weighted by atomic mass is 10.0. The van der Waals surface area contributed by atoms with Crippen LogP contribution in [-0.2, 0) is 15.9 Å². The summed E-state index contributed by atoms with van der Waals surface area (Å²) in [7, 11) is 0. The quantitative estimate of drug-likeness (QED) is 0.353. The summed E-state index contributed by atoms with van der Waals surface area (Å²) in [5.74, 6) is 2.47. The van der Waals surface area contributed by atoms with E-state index in [1.807, 2.05) is 12.1 Å². The SMILES string of the molecule is Cc1ccccc1C1CN(C(=NCC2CCOC2)NCCc2ccco2)CCO1.I. The molecule has 2 aromatic rings. The van der Waals surface area contributed by atoms with E-state index < -0.39 is 0 Å². The van der Waals surface area contributed by atoms with E-state index in [-0.39, 0.29) is 30.1 Å². The van der Waals surface area contributed by atoms with Gasteiger partial charge in [-0.05, 0) is 36.6 Å². The van der Waals surface area contributed by atoms with Gasteiger partial charge in [0.25, 0.3) is 0 Å². The fraction of sp³-hybridized carbons (Fsp3) is 0.522. The first-order valence-corrected chi connectivity index (χ1v) is 10.6. The highest BCUT2D eigenvalue weighted by Crippen LogP contribution is 2.25. The van der Waals surface area contributed by atoms with Gasteiger partial charge in [-0.25, -0.2) is 0 Å². The van der Waals surface area contributed by atoms with Crippen molar-refractivity contribution in [3.8, 4) is 0 Å². The maximum Gasteiger partial charge on any atom is 0.194 e. The predicted octanol–water partition coefficient (Wildman–Crippen LogP) is 3.80. The number of hydrogen-bond acceptors (Lipinski definition) is 4. The number of benzene rings is 1. The molecule has 2 atom stereocenters. The van der Waals surface area contributed by atoms with E-state index in [1.165, 1.54) is 11.1 Å². The molecule has 164 valence electrons. The van der Waals surface area contributed by atoms with Crippen LogP contribution >= 0.6 is 24.0 Å². The lowest BCUT2D eigenvalue weighted by molar-refractivity contribution is -0.00837. The van der Waals surface area contributed by atoms with Crippen LogP contribution in [0.3, 0.4) is 0 Å². The van der Waals surface area contributed by atoms with E-state index in [1.54, 1.807) is 6.26 Å². The van der Waals surface area contributed by atoms with Crippen LogP contribution in [0.4, 0.5) is 0 Å². The van der Waals surface area contributed by atoms with Gasteiger partial charge in [0.2, 0.25) is 0 Å². The lowest BCUT2D eigenvalue weighted by Crippen LogP contribution is -2.49. The smallest absolute Gasteiger partial charge is 0.194 e. The van der Waals surface area contributed by atoms with Gasteiger partial charge in [0.15, 0.2) is 5.96 Å². The zero-order valence-corrected chi connectivity index (χ0v) is 19.9. The normalized spacial score (nSPS) is 22.0. The molecule has 1 aromatic heterocycles. The zero-order valence-electron chi connectivity index (χ0n) is 17.6. The highest BCUT2D eigenvalue weighted by Gasteiger charge is 2.26. The number of aryl methyl sites for hydroxylation is 1. The Kier molecular flexibility index (Phi) is 9.02. The first-order valence-electron chi connectivity index (χ1n) is 10.6. The van der Waals surface area contributed by atoms with Crippen LogP contribution in [0.1, 0.15) is 29.4 Å². The van der Waals surface area contributed by atoms with E-state index in [0.29, 0.717) is 12.5 Å². The Hall–Kier alpha value is -1.58. The minimum absolute atomic E-state index is 0. The molecule has 4 rings (SSSR count).